The van der Waals surface area contributed by atoms with E-state index in [1.165, 1.54) is 0 Å². The minimum absolute atomic E-state index is 0.0549. The number of nitrogens with zero attached hydrogens (tertiary/aromatic N) is 1. The number of ether oxygens (including phenoxy) is 1. The Hall–Kier alpha value is -1.53. The first-order valence-corrected chi connectivity index (χ1v) is 7.20. The molecule has 1 unspecified atom stereocenters. The summed E-state index contributed by atoms with van der Waals surface area (Å²) in [6.45, 7) is -2.80. The smallest absolute Gasteiger partial charge is 0.387 e. The molecule has 1 aromatic heterocycles. The van der Waals surface area contributed by atoms with Gasteiger partial charge in [-0.15, -0.1) is 0 Å². The maximum absolute atomic E-state index is 12.1. The monoisotopic (exact) mass is 356 g/mol. The molecule has 0 saturated carbocycles. The van der Waals surface area contributed by atoms with E-state index in [-0.39, 0.29) is 11.8 Å². The van der Waals surface area contributed by atoms with Gasteiger partial charge in [0.25, 0.3) is 0 Å². The van der Waals surface area contributed by atoms with E-state index >= 15 is 0 Å². The van der Waals surface area contributed by atoms with Crippen molar-refractivity contribution in [1.82, 2.24) is 10.3 Å². The zero-order valence-electron chi connectivity index (χ0n) is 11.4. The number of pyridine rings is 1. The molecule has 1 atom stereocenters. The number of aromatic nitrogens is 1. The second-order valence-electron chi connectivity index (χ2n) is 4.46. The highest BCUT2D eigenvalue weighted by molar-refractivity contribution is 9.10. The molecule has 1 heterocycles. The predicted molar refractivity (Wildman–Crippen MR) is 80.5 cm³/mol. The summed E-state index contributed by atoms with van der Waals surface area (Å²) >= 11 is 3.35. The molecule has 0 saturated heterocycles. The van der Waals surface area contributed by atoms with E-state index in [9.17, 15) is 8.78 Å². The number of rotatable bonds is 6. The van der Waals surface area contributed by atoms with E-state index in [0.717, 1.165) is 15.7 Å². The molecule has 0 amide bonds. The van der Waals surface area contributed by atoms with Gasteiger partial charge in [0.15, 0.2) is 0 Å². The van der Waals surface area contributed by atoms with E-state index in [2.05, 4.69) is 31.0 Å². The van der Waals surface area contributed by atoms with Crippen molar-refractivity contribution < 1.29 is 13.5 Å². The van der Waals surface area contributed by atoms with Crippen LogP contribution in [0.2, 0.25) is 0 Å². The Balaban J connectivity index is 2.08. The highest BCUT2D eigenvalue weighted by Crippen LogP contribution is 2.22. The van der Waals surface area contributed by atoms with Crippen LogP contribution in [0, 0.1) is 0 Å². The van der Waals surface area contributed by atoms with Gasteiger partial charge in [-0.1, -0.05) is 12.1 Å². The highest BCUT2D eigenvalue weighted by Gasteiger charge is 2.12. The third-order valence-electron chi connectivity index (χ3n) is 3.06. The molecule has 0 aliphatic heterocycles. The lowest BCUT2D eigenvalue weighted by atomic mass is 10.0. The summed E-state index contributed by atoms with van der Waals surface area (Å²) in [4.78, 5) is 4.34. The van der Waals surface area contributed by atoms with Crippen molar-refractivity contribution in [3.05, 3.63) is 58.3 Å². The van der Waals surface area contributed by atoms with Gasteiger partial charge in [0, 0.05) is 28.8 Å². The van der Waals surface area contributed by atoms with Gasteiger partial charge in [-0.05, 0) is 52.8 Å². The lowest BCUT2D eigenvalue weighted by Gasteiger charge is -2.17. The van der Waals surface area contributed by atoms with Crippen molar-refractivity contribution in [2.75, 3.05) is 7.05 Å². The minimum atomic E-state index is -2.80. The largest absolute Gasteiger partial charge is 0.435 e. The van der Waals surface area contributed by atoms with Crippen LogP contribution in [-0.4, -0.2) is 18.6 Å². The van der Waals surface area contributed by atoms with E-state index in [1.807, 2.05) is 19.2 Å². The normalized spacial score (nSPS) is 12.4. The lowest BCUT2D eigenvalue weighted by Crippen LogP contribution is -2.19. The average Bonchev–Trinajstić information content (AvgIpc) is 2.47. The molecule has 3 nitrogen and oxygen atoms in total. The Bertz CT molecular complexity index is 561. The fourth-order valence-electron chi connectivity index (χ4n) is 2.00. The molecule has 21 heavy (non-hydrogen) atoms. The number of hydrogen-bond donors (Lipinski definition) is 1. The molecule has 1 N–H and O–H groups in total. The molecule has 0 fully saturated rings. The zero-order valence-corrected chi connectivity index (χ0v) is 13.0. The lowest BCUT2D eigenvalue weighted by molar-refractivity contribution is -0.0498. The molecule has 112 valence electrons. The maximum Gasteiger partial charge on any atom is 0.387 e. The molecular formula is C15H15BrF2N2O. The van der Waals surface area contributed by atoms with Gasteiger partial charge in [0.2, 0.25) is 0 Å². The van der Waals surface area contributed by atoms with Crippen LogP contribution in [0.3, 0.4) is 0 Å². The first kappa shape index (κ1) is 15.9. The quantitative estimate of drug-likeness (QED) is 0.850. The van der Waals surface area contributed by atoms with Crippen LogP contribution >= 0.6 is 15.9 Å². The van der Waals surface area contributed by atoms with E-state index < -0.39 is 6.61 Å². The van der Waals surface area contributed by atoms with Gasteiger partial charge in [-0.2, -0.15) is 8.78 Å². The summed E-state index contributed by atoms with van der Waals surface area (Å²) in [5.41, 5.74) is 1.94. The van der Waals surface area contributed by atoms with E-state index in [4.69, 9.17) is 0 Å². The van der Waals surface area contributed by atoms with Crippen molar-refractivity contribution in [3.8, 4) is 5.75 Å². The highest BCUT2D eigenvalue weighted by atomic mass is 79.9. The van der Waals surface area contributed by atoms with Crippen molar-refractivity contribution in [2.45, 2.75) is 19.1 Å². The Morgan fingerprint density at radius 2 is 1.90 bits per heavy atom. The second-order valence-corrected chi connectivity index (χ2v) is 5.38. The fraction of sp³-hybridized carbons (Fsp3) is 0.267. The van der Waals surface area contributed by atoms with Gasteiger partial charge < -0.3 is 10.1 Å². The second kappa shape index (κ2) is 7.47. The van der Waals surface area contributed by atoms with Gasteiger partial charge in [0.1, 0.15) is 5.75 Å². The van der Waals surface area contributed by atoms with Crippen molar-refractivity contribution in [3.63, 3.8) is 0 Å². The van der Waals surface area contributed by atoms with Crippen LogP contribution in [0.5, 0.6) is 5.75 Å². The summed E-state index contributed by atoms with van der Waals surface area (Å²) < 4.78 is 29.5. The molecule has 0 bridgehead atoms. The van der Waals surface area contributed by atoms with Crippen LogP contribution in [0.1, 0.15) is 17.3 Å². The van der Waals surface area contributed by atoms with Crippen LogP contribution in [-0.2, 0) is 6.42 Å². The third-order valence-corrected chi connectivity index (χ3v) is 3.53. The molecular weight excluding hydrogens is 342 g/mol. The Morgan fingerprint density at radius 1 is 1.19 bits per heavy atom. The van der Waals surface area contributed by atoms with Gasteiger partial charge in [0.05, 0.1) is 0 Å². The number of alkyl halides is 2. The SMILES string of the molecule is CNC(Cc1ccc(Br)cn1)c1ccc(OC(F)F)cc1. The molecule has 2 aromatic rings. The van der Waals surface area contributed by atoms with Gasteiger partial charge in [-0.25, -0.2) is 0 Å². The zero-order chi connectivity index (χ0) is 15.2. The molecule has 1 aromatic carbocycles. The first-order valence-electron chi connectivity index (χ1n) is 6.41. The molecule has 0 radical (unpaired) electrons. The predicted octanol–water partition coefficient (Wildman–Crippen LogP) is 3.95. The van der Waals surface area contributed by atoms with Crippen molar-refractivity contribution >= 4 is 15.9 Å². The summed E-state index contributed by atoms with van der Waals surface area (Å²) in [5, 5.41) is 3.20. The molecule has 0 aliphatic carbocycles. The summed E-state index contributed by atoms with van der Waals surface area (Å²) in [7, 11) is 1.85. The minimum Gasteiger partial charge on any atom is -0.435 e. The van der Waals surface area contributed by atoms with Crippen LogP contribution in [0.25, 0.3) is 0 Å². The maximum atomic E-state index is 12.1. The van der Waals surface area contributed by atoms with Crippen molar-refractivity contribution in [2.24, 2.45) is 0 Å². The number of halogens is 3. The summed E-state index contributed by atoms with van der Waals surface area (Å²) in [5.74, 6) is 0.158. The van der Waals surface area contributed by atoms with Crippen molar-refractivity contribution in [1.29, 1.82) is 0 Å². The Labute approximate surface area is 130 Å². The van der Waals surface area contributed by atoms with E-state index in [0.29, 0.717) is 6.42 Å². The molecule has 0 spiro atoms. The number of hydrogen-bond acceptors (Lipinski definition) is 3. The van der Waals surface area contributed by atoms with Gasteiger partial charge in [-0.3, -0.25) is 4.98 Å². The number of likely N-dealkylation sites (N-methyl/N-ethyl adjacent to an activating group) is 1. The number of nitrogens with one attached hydrogen (secondary N) is 1. The number of benzene rings is 1. The first-order chi connectivity index (χ1) is 10.1. The fourth-order valence-corrected chi connectivity index (χ4v) is 2.24. The summed E-state index contributed by atoms with van der Waals surface area (Å²) in [6.07, 6.45) is 2.46. The van der Waals surface area contributed by atoms with Crippen LogP contribution in [0.15, 0.2) is 47.1 Å². The van der Waals surface area contributed by atoms with Gasteiger partial charge >= 0.3 is 6.61 Å². The average molecular weight is 357 g/mol. The topological polar surface area (TPSA) is 34.2 Å². The standard InChI is InChI=1S/C15H15BrF2N2O/c1-19-14(8-12-5-4-11(16)9-20-12)10-2-6-13(7-3-10)21-15(17)18/h2-7,9,14-15,19H,8H2,1H3. The Kier molecular flexibility index (Phi) is 5.64. The van der Waals surface area contributed by atoms with Crippen LogP contribution in [0.4, 0.5) is 8.78 Å². The Morgan fingerprint density at radius 3 is 2.43 bits per heavy atom. The molecule has 0 aliphatic rings. The molecule has 6 heteroatoms. The van der Waals surface area contributed by atoms with E-state index in [1.54, 1.807) is 30.5 Å². The van der Waals surface area contributed by atoms with Crippen LogP contribution < -0.4 is 10.1 Å². The summed E-state index contributed by atoms with van der Waals surface area (Å²) in [6, 6.07) is 10.6. The molecule has 2 rings (SSSR count). The third kappa shape index (κ3) is 4.75.